The zero-order valence-electron chi connectivity index (χ0n) is 15.2. The van der Waals surface area contributed by atoms with Crippen molar-refractivity contribution in [1.29, 1.82) is 0 Å². The number of carbonyl (C=O) groups is 1. The van der Waals surface area contributed by atoms with Crippen LogP contribution in [0.2, 0.25) is 5.02 Å². The van der Waals surface area contributed by atoms with E-state index in [2.05, 4.69) is 15.5 Å². The molecule has 3 aromatic rings. The van der Waals surface area contributed by atoms with Crippen molar-refractivity contribution in [1.82, 2.24) is 20.1 Å². The molecule has 0 spiro atoms. The Labute approximate surface area is 168 Å². The molecule has 0 saturated heterocycles. The number of hydrogen-bond acceptors (Lipinski definition) is 4. The molecule has 5 nitrogen and oxygen atoms in total. The summed E-state index contributed by atoms with van der Waals surface area (Å²) in [6.07, 6.45) is 0. The summed E-state index contributed by atoms with van der Waals surface area (Å²) < 4.78 is 2.02. The molecule has 1 atom stereocenters. The second-order valence-corrected chi connectivity index (χ2v) is 7.42. The number of halogens is 1. The molecule has 0 unspecified atom stereocenters. The fourth-order valence-electron chi connectivity index (χ4n) is 2.73. The van der Waals surface area contributed by atoms with Crippen LogP contribution in [-0.2, 0) is 11.3 Å². The van der Waals surface area contributed by atoms with E-state index in [1.54, 1.807) is 0 Å². The van der Waals surface area contributed by atoms with Crippen molar-refractivity contribution in [3.05, 3.63) is 65.2 Å². The van der Waals surface area contributed by atoms with Gasteiger partial charge in [0.25, 0.3) is 0 Å². The van der Waals surface area contributed by atoms with Crippen LogP contribution in [0.3, 0.4) is 0 Å². The van der Waals surface area contributed by atoms with Gasteiger partial charge in [-0.3, -0.25) is 4.79 Å². The molecule has 7 heteroatoms. The smallest absolute Gasteiger partial charge is 0.230 e. The van der Waals surface area contributed by atoms with E-state index >= 15 is 0 Å². The Hall–Kier alpha value is -2.31. The van der Waals surface area contributed by atoms with Crippen molar-refractivity contribution in [3.8, 4) is 11.4 Å². The molecule has 1 heterocycles. The normalized spacial score (nSPS) is 12.0. The lowest BCUT2D eigenvalue weighted by atomic mass is 10.1. The van der Waals surface area contributed by atoms with Crippen LogP contribution in [0.1, 0.15) is 25.5 Å². The molecule has 0 aliphatic rings. The molecule has 2 aromatic carbocycles. The highest BCUT2D eigenvalue weighted by molar-refractivity contribution is 7.99. The lowest BCUT2D eigenvalue weighted by Gasteiger charge is -2.14. The third-order valence-electron chi connectivity index (χ3n) is 4.14. The molecule has 0 saturated carbocycles. The van der Waals surface area contributed by atoms with E-state index in [9.17, 15) is 4.79 Å². The molecule has 140 valence electrons. The molecule has 27 heavy (non-hydrogen) atoms. The van der Waals surface area contributed by atoms with Gasteiger partial charge in [-0.2, -0.15) is 0 Å². The molecule has 0 aliphatic heterocycles. The minimum Gasteiger partial charge on any atom is -0.349 e. The number of thioether (sulfide) groups is 1. The zero-order valence-corrected chi connectivity index (χ0v) is 16.8. The van der Waals surface area contributed by atoms with E-state index in [1.807, 2.05) is 73.0 Å². The van der Waals surface area contributed by atoms with Crippen LogP contribution in [0, 0.1) is 0 Å². The third kappa shape index (κ3) is 4.90. The highest BCUT2D eigenvalue weighted by Gasteiger charge is 2.15. The predicted molar refractivity (Wildman–Crippen MR) is 110 cm³/mol. The fraction of sp³-hybridized carbons (Fsp3) is 0.250. The van der Waals surface area contributed by atoms with Crippen LogP contribution in [0.25, 0.3) is 11.4 Å². The molecule has 1 N–H and O–H groups in total. The van der Waals surface area contributed by atoms with Gasteiger partial charge in [0.2, 0.25) is 5.91 Å². The standard InChI is InChI=1S/C20H21ClN4OS/c1-3-25-19(16-7-5-4-6-8-16)23-24-20(25)27-13-18(26)22-14(2)15-9-11-17(21)12-10-15/h4-12,14H,3,13H2,1-2H3,(H,22,26)/t14-/m1/s1. The Morgan fingerprint density at radius 1 is 1.15 bits per heavy atom. The van der Waals surface area contributed by atoms with Crippen LogP contribution >= 0.6 is 23.4 Å². The lowest BCUT2D eigenvalue weighted by molar-refractivity contribution is -0.119. The maximum atomic E-state index is 12.3. The van der Waals surface area contributed by atoms with Crippen molar-refractivity contribution < 1.29 is 4.79 Å². The first kappa shape index (κ1) is 19.5. The van der Waals surface area contributed by atoms with Gasteiger partial charge >= 0.3 is 0 Å². The van der Waals surface area contributed by atoms with E-state index in [0.29, 0.717) is 5.02 Å². The summed E-state index contributed by atoms with van der Waals surface area (Å²) in [5, 5.41) is 13.0. The van der Waals surface area contributed by atoms with Crippen molar-refractivity contribution in [2.24, 2.45) is 0 Å². The number of carbonyl (C=O) groups excluding carboxylic acids is 1. The molecule has 1 amide bonds. The van der Waals surface area contributed by atoms with E-state index in [0.717, 1.165) is 28.7 Å². The van der Waals surface area contributed by atoms with Crippen molar-refractivity contribution in [3.63, 3.8) is 0 Å². The molecular formula is C20H21ClN4OS. The fourth-order valence-corrected chi connectivity index (χ4v) is 3.67. The van der Waals surface area contributed by atoms with Crippen LogP contribution in [-0.4, -0.2) is 26.4 Å². The minimum absolute atomic E-state index is 0.0469. The summed E-state index contributed by atoms with van der Waals surface area (Å²) in [7, 11) is 0. The maximum Gasteiger partial charge on any atom is 0.230 e. The molecule has 0 aliphatic carbocycles. The topological polar surface area (TPSA) is 59.8 Å². The quantitative estimate of drug-likeness (QED) is 0.589. The van der Waals surface area contributed by atoms with E-state index in [1.165, 1.54) is 11.8 Å². The number of benzene rings is 2. The summed E-state index contributed by atoms with van der Waals surface area (Å²) in [6, 6.07) is 17.3. The molecular weight excluding hydrogens is 380 g/mol. The summed E-state index contributed by atoms with van der Waals surface area (Å²) in [4.78, 5) is 12.3. The predicted octanol–water partition coefficient (Wildman–Crippen LogP) is 4.59. The summed E-state index contributed by atoms with van der Waals surface area (Å²) >= 11 is 7.30. The minimum atomic E-state index is -0.0840. The van der Waals surface area contributed by atoms with Crippen LogP contribution < -0.4 is 5.32 Å². The first-order valence-electron chi connectivity index (χ1n) is 8.74. The Morgan fingerprint density at radius 3 is 2.52 bits per heavy atom. The molecule has 1 aromatic heterocycles. The van der Waals surface area contributed by atoms with Crippen molar-refractivity contribution in [2.45, 2.75) is 31.6 Å². The van der Waals surface area contributed by atoms with E-state index in [4.69, 9.17) is 11.6 Å². The van der Waals surface area contributed by atoms with Gasteiger partial charge in [-0.05, 0) is 31.5 Å². The molecule has 3 rings (SSSR count). The lowest BCUT2D eigenvalue weighted by Crippen LogP contribution is -2.28. The van der Waals surface area contributed by atoms with Gasteiger partial charge in [-0.25, -0.2) is 0 Å². The second-order valence-electron chi connectivity index (χ2n) is 6.05. The first-order chi connectivity index (χ1) is 13.1. The largest absolute Gasteiger partial charge is 0.349 e. The number of amides is 1. The zero-order chi connectivity index (χ0) is 19.2. The summed E-state index contributed by atoms with van der Waals surface area (Å²) in [6.45, 7) is 4.73. The summed E-state index contributed by atoms with van der Waals surface area (Å²) in [5.41, 5.74) is 2.03. The average molecular weight is 401 g/mol. The highest BCUT2D eigenvalue weighted by atomic mass is 35.5. The number of hydrogen-bond donors (Lipinski definition) is 1. The van der Waals surface area contributed by atoms with Crippen LogP contribution in [0.5, 0.6) is 0 Å². The first-order valence-corrected chi connectivity index (χ1v) is 10.1. The van der Waals surface area contributed by atoms with Crippen molar-refractivity contribution >= 4 is 29.3 Å². The molecule has 0 fully saturated rings. The number of rotatable bonds is 7. The second kappa shape index (κ2) is 9.06. The van der Waals surface area contributed by atoms with E-state index in [-0.39, 0.29) is 17.7 Å². The Morgan fingerprint density at radius 2 is 1.85 bits per heavy atom. The number of aromatic nitrogens is 3. The summed E-state index contributed by atoms with van der Waals surface area (Å²) in [5.74, 6) is 1.05. The monoisotopic (exact) mass is 400 g/mol. The molecule has 0 radical (unpaired) electrons. The average Bonchev–Trinajstić information content (AvgIpc) is 3.10. The van der Waals surface area contributed by atoms with Gasteiger partial charge < -0.3 is 9.88 Å². The highest BCUT2D eigenvalue weighted by Crippen LogP contribution is 2.24. The SMILES string of the molecule is CCn1c(SCC(=O)N[C@H](C)c2ccc(Cl)cc2)nnc1-c1ccccc1. The molecule has 0 bridgehead atoms. The van der Waals surface area contributed by atoms with Gasteiger partial charge in [0.05, 0.1) is 11.8 Å². The Kier molecular flexibility index (Phi) is 6.53. The van der Waals surface area contributed by atoms with E-state index < -0.39 is 0 Å². The Balaban J connectivity index is 1.62. The maximum absolute atomic E-state index is 12.3. The van der Waals surface area contributed by atoms with Crippen molar-refractivity contribution in [2.75, 3.05) is 5.75 Å². The Bertz CT molecular complexity index is 896. The van der Waals surface area contributed by atoms with Gasteiger partial charge in [0.1, 0.15) is 0 Å². The van der Waals surface area contributed by atoms with Gasteiger partial charge in [0.15, 0.2) is 11.0 Å². The van der Waals surface area contributed by atoms with Gasteiger partial charge in [-0.1, -0.05) is 65.8 Å². The van der Waals surface area contributed by atoms with Gasteiger partial charge in [0, 0.05) is 17.1 Å². The van der Waals surface area contributed by atoms with Crippen LogP contribution in [0.15, 0.2) is 59.8 Å². The number of nitrogens with one attached hydrogen (secondary N) is 1. The third-order valence-corrected chi connectivity index (χ3v) is 5.36. The number of nitrogens with zero attached hydrogens (tertiary/aromatic N) is 3. The van der Waals surface area contributed by atoms with Gasteiger partial charge in [-0.15, -0.1) is 10.2 Å². The van der Waals surface area contributed by atoms with Crippen LogP contribution in [0.4, 0.5) is 0 Å².